The molecule has 0 atom stereocenters. The van der Waals surface area contributed by atoms with Crippen molar-refractivity contribution >= 4 is 5.97 Å². The van der Waals surface area contributed by atoms with E-state index in [4.69, 9.17) is 9.47 Å². The van der Waals surface area contributed by atoms with Crippen LogP contribution in [0.5, 0.6) is 5.88 Å². The van der Waals surface area contributed by atoms with Gasteiger partial charge in [0, 0.05) is 11.6 Å². The minimum absolute atomic E-state index is 0.195. The molecule has 0 amide bonds. The van der Waals surface area contributed by atoms with Crippen LogP contribution < -0.4 is 4.74 Å². The standard InChI is InChI=1S/C13H20N2O3/c1-6-17-10-9(11(16)18-7-2)8-14-12(15-10)13(3,4)5/h8H,6-7H2,1-5H3. The van der Waals surface area contributed by atoms with E-state index >= 15 is 0 Å². The van der Waals surface area contributed by atoms with Crippen molar-refractivity contribution < 1.29 is 14.3 Å². The zero-order valence-corrected chi connectivity index (χ0v) is 11.6. The Balaban J connectivity index is 3.16. The molecule has 100 valence electrons. The third-order valence-electron chi connectivity index (χ3n) is 2.20. The van der Waals surface area contributed by atoms with Gasteiger partial charge in [0.05, 0.1) is 13.2 Å². The highest BCUT2D eigenvalue weighted by atomic mass is 16.5. The molecule has 5 heteroatoms. The lowest BCUT2D eigenvalue weighted by Gasteiger charge is -2.18. The van der Waals surface area contributed by atoms with Crippen LogP contribution in [0.25, 0.3) is 0 Å². The van der Waals surface area contributed by atoms with Gasteiger partial charge in [0.15, 0.2) is 0 Å². The maximum absolute atomic E-state index is 11.7. The average Bonchev–Trinajstić information content (AvgIpc) is 2.28. The zero-order chi connectivity index (χ0) is 13.8. The largest absolute Gasteiger partial charge is 0.477 e. The van der Waals surface area contributed by atoms with E-state index in [1.54, 1.807) is 6.92 Å². The van der Waals surface area contributed by atoms with Crippen LogP contribution in [0.2, 0.25) is 0 Å². The van der Waals surface area contributed by atoms with Crippen molar-refractivity contribution in [2.45, 2.75) is 40.0 Å². The first-order valence-corrected chi connectivity index (χ1v) is 6.07. The van der Waals surface area contributed by atoms with Gasteiger partial charge in [-0.3, -0.25) is 0 Å². The molecular weight excluding hydrogens is 232 g/mol. The van der Waals surface area contributed by atoms with Crippen molar-refractivity contribution in [3.63, 3.8) is 0 Å². The lowest BCUT2D eigenvalue weighted by molar-refractivity contribution is 0.0520. The summed E-state index contributed by atoms with van der Waals surface area (Å²) in [6, 6.07) is 0. The Labute approximate surface area is 108 Å². The predicted molar refractivity (Wildman–Crippen MR) is 67.9 cm³/mol. The summed E-state index contributed by atoms with van der Waals surface area (Å²) in [5.74, 6) is 0.469. The second-order valence-electron chi connectivity index (χ2n) is 4.82. The maximum atomic E-state index is 11.7. The fraction of sp³-hybridized carbons (Fsp3) is 0.615. The number of hydrogen-bond donors (Lipinski definition) is 0. The van der Waals surface area contributed by atoms with Crippen molar-refractivity contribution in [2.75, 3.05) is 13.2 Å². The van der Waals surface area contributed by atoms with E-state index in [1.807, 2.05) is 27.7 Å². The molecule has 0 radical (unpaired) electrons. The number of ether oxygens (including phenoxy) is 2. The number of esters is 1. The van der Waals surface area contributed by atoms with E-state index in [2.05, 4.69) is 9.97 Å². The van der Waals surface area contributed by atoms with E-state index in [1.165, 1.54) is 6.20 Å². The summed E-state index contributed by atoms with van der Waals surface area (Å²) in [5.41, 5.74) is 0.0747. The van der Waals surface area contributed by atoms with Crippen LogP contribution >= 0.6 is 0 Å². The molecule has 0 N–H and O–H groups in total. The van der Waals surface area contributed by atoms with Crippen LogP contribution in [-0.4, -0.2) is 29.2 Å². The third kappa shape index (κ3) is 3.42. The Hall–Kier alpha value is -1.65. The summed E-state index contributed by atoms with van der Waals surface area (Å²) in [4.78, 5) is 20.2. The molecule has 1 heterocycles. The van der Waals surface area contributed by atoms with Gasteiger partial charge in [-0.2, -0.15) is 4.98 Å². The maximum Gasteiger partial charge on any atom is 0.345 e. The van der Waals surface area contributed by atoms with Crippen molar-refractivity contribution in [3.8, 4) is 5.88 Å². The first-order valence-electron chi connectivity index (χ1n) is 6.07. The van der Waals surface area contributed by atoms with Crippen LogP contribution in [0.3, 0.4) is 0 Å². The molecule has 1 aromatic rings. The summed E-state index contributed by atoms with van der Waals surface area (Å²) in [5, 5.41) is 0. The monoisotopic (exact) mass is 252 g/mol. The normalized spacial score (nSPS) is 11.2. The molecule has 0 aliphatic carbocycles. The fourth-order valence-electron chi connectivity index (χ4n) is 1.32. The highest BCUT2D eigenvalue weighted by Gasteiger charge is 2.22. The lowest BCUT2D eigenvalue weighted by Crippen LogP contribution is -2.19. The lowest BCUT2D eigenvalue weighted by atomic mass is 9.96. The van der Waals surface area contributed by atoms with Gasteiger partial charge >= 0.3 is 5.97 Å². The molecule has 0 spiro atoms. The molecule has 0 aliphatic heterocycles. The molecule has 18 heavy (non-hydrogen) atoms. The van der Waals surface area contributed by atoms with Gasteiger partial charge < -0.3 is 9.47 Å². The van der Waals surface area contributed by atoms with Gasteiger partial charge in [-0.1, -0.05) is 20.8 Å². The molecule has 1 aromatic heterocycles. The van der Waals surface area contributed by atoms with Gasteiger partial charge in [0.2, 0.25) is 5.88 Å². The molecule has 1 rings (SSSR count). The SMILES string of the molecule is CCOC(=O)c1cnc(C(C)(C)C)nc1OCC. The Morgan fingerprint density at radius 3 is 2.44 bits per heavy atom. The van der Waals surface area contributed by atoms with Crippen LogP contribution in [-0.2, 0) is 10.2 Å². The summed E-state index contributed by atoms with van der Waals surface area (Å²) in [6.07, 6.45) is 1.47. The Bertz CT molecular complexity index is 425. The summed E-state index contributed by atoms with van der Waals surface area (Å²) in [7, 11) is 0. The molecule has 0 aliphatic rings. The highest BCUT2D eigenvalue weighted by molar-refractivity contribution is 5.91. The Morgan fingerprint density at radius 2 is 1.94 bits per heavy atom. The number of rotatable bonds is 4. The average molecular weight is 252 g/mol. The predicted octanol–water partition coefficient (Wildman–Crippen LogP) is 2.35. The van der Waals surface area contributed by atoms with Gasteiger partial charge in [-0.05, 0) is 13.8 Å². The summed E-state index contributed by atoms with van der Waals surface area (Å²) >= 11 is 0. The topological polar surface area (TPSA) is 61.3 Å². The number of carbonyl (C=O) groups excluding carboxylic acids is 1. The van der Waals surface area contributed by atoms with Crippen LogP contribution in [0.4, 0.5) is 0 Å². The number of carbonyl (C=O) groups is 1. The second-order valence-corrected chi connectivity index (χ2v) is 4.82. The van der Waals surface area contributed by atoms with Gasteiger partial charge in [0.25, 0.3) is 0 Å². The Kier molecular flexibility index (Phi) is 4.64. The smallest absolute Gasteiger partial charge is 0.345 e. The number of nitrogens with zero attached hydrogens (tertiary/aromatic N) is 2. The summed E-state index contributed by atoms with van der Waals surface area (Å²) in [6.45, 7) is 10.3. The van der Waals surface area contributed by atoms with Crippen molar-refractivity contribution in [1.29, 1.82) is 0 Å². The van der Waals surface area contributed by atoms with Crippen molar-refractivity contribution in [3.05, 3.63) is 17.6 Å². The molecule has 0 bridgehead atoms. The zero-order valence-electron chi connectivity index (χ0n) is 11.6. The summed E-state index contributed by atoms with van der Waals surface area (Å²) < 4.78 is 10.3. The quantitative estimate of drug-likeness (QED) is 0.770. The van der Waals surface area contributed by atoms with Gasteiger partial charge in [0.1, 0.15) is 11.4 Å². The van der Waals surface area contributed by atoms with E-state index < -0.39 is 5.97 Å². The van der Waals surface area contributed by atoms with Crippen molar-refractivity contribution in [1.82, 2.24) is 9.97 Å². The van der Waals surface area contributed by atoms with E-state index in [-0.39, 0.29) is 16.9 Å². The highest BCUT2D eigenvalue weighted by Crippen LogP contribution is 2.23. The minimum atomic E-state index is -0.457. The molecule has 5 nitrogen and oxygen atoms in total. The van der Waals surface area contributed by atoms with E-state index in [0.29, 0.717) is 19.0 Å². The minimum Gasteiger partial charge on any atom is -0.477 e. The number of hydrogen-bond acceptors (Lipinski definition) is 5. The fourth-order valence-corrected chi connectivity index (χ4v) is 1.32. The third-order valence-corrected chi connectivity index (χ3v) is 2.20. The molecule has 0 fully saturated rings. The molecule has 0 unspecified atom stereocenters. The van der Waals surface area contributed by atoms with Crippen LogP contribution in [0, 0.1) is 0 Å². The van der Waals surface area contributed by atoms with Crippen LogP contribution in [0.1, 0.15) is 50.8 Å². The molecule has 0 saturated carbocycles. The first-order chi connectivity index (χ1) is 8.40. The first kappa shape index (κ1) is 14.4. The second kappa shape index (κ2) is 5.80. The van der Waals surface area contributed by atoms with Crippen molar-refractivity contribution in [2.24, 2.45) is 0 Å². The molecular formula is C13H20N2O3. The van der Waals surface area contributed by atoms with Gasteiger partial charge in [-0.25, -0.2) is 9.78 Å². The van der Waals surface area contributed by atoms with Gasteiger partial charge in [-0.15, -0.1) is 0 Å². The molecule has 0 aromatic carbocycles. The molecule has 0 saturated heterocycles. The van der Waals surface area contributed by atoms with E-state index in [9.17, 15) is 4.79 Å². The Morgan fingerprint density at radius 1 is 1.28 bits per heavy atom. The van der Waals surface area contributed by atoms with E-state index in [0.717, 1.165) is 0 Å². The number of aromatic nitrogens is 2. The van der Waals surface area contributed by atoms with Crippen LogP contribution in [0.15, 0.2) is 6.20 Å².